The van der Waals surface area contributed by atoms with Crippen LogP contribution in [0.2, 0.25) is 0 Å². The quantitative estimate of drug-likeness (QED) is 0.359. The average Bonchev–Trinajstić information content (AvgIpc) is 3.53. The molecule has 2 aromatic carbocycles. The number of aromatic nitrogens is 2. The predicted octanol–water partition coefficient (Wildman–Crippen LogP) is 4.15. The number of nitrogens with one attached hydrogen (secondary N) is 1. The van der Waals surface area contributed by atoms with Crippen LogP contribution in [0.4, 0.5) is 5.00 Å². The van der Waals surface area contributed by atoms with E-state index in [0.717, 1.165) is 21.6 Å². The highest BCUT2D eigenvalue weighted by Gasteiger charge is 2.32. The standard InChI is InChI=1S/C31H31N5O5S2/c1-19-16-20(2)36(33-19)31(39)28-26-13-14-34(21(3)37)18-27(26)42-30(28)32-29(38)23-8-10-25(11-9-23)43(40,41)35-15-12-22-6-4-5-7-24(22)17-35/h4-11,16H,12-15,17-18H2,1-3H3,(H,32,38). The van der Waals surface area contributed by atoms with Crippen molar-refractivity contribution in [2.45, 2.75) is 51.6 Å². The molecule has 0 radical (unpaired) electrons. The molecule has 12 heteroatoms. The molecule has 0 aliphatic carbocycles. The largest absolute Gasteiger partial charge is 0.337 e. The first-order valence-electron chi connectivity index (χ1n) is 14.0. The normalized spacial score (nSPS) is 15.1. The molecule has 0 unspecified atom stereocenters. The molecule has 2 amide bonds. The third-order valence-electron chi connectivity index (χ3n) is 8.00. The second-order valence-electron chi connectivity index (χ2n) is 10.9. The van der Waals surface area contributed by atoms with E-state index in [-0.39, 0.29) is 22.3 Å². The Kier molecular flexibility index (Phi) is 7.53. The topological polar surface area (TPSA) is 122 Å². The second kappa shape index (κ2) is 11.2. The van der Waals surface area contributed by atoms with Crippen molar-refractivity contribution in [1.29, 1.82) is 0 Å². The predicted molar refractivity (Wildman–Crippen MR) is 163 cm³/mol. The van der Waals surface area contributed by atoms with Crippen LogP contribution in [0.5, 0.6) is 0 Å². The van der Waals surface area contributed by atoms with Crippen LogP contribution in [-0.2, 0) is 40.7 Å². The molecule has 0 saturated carbocycles. The van der Waals surface area contributed by atoms with Gasteiger partial charge >= 0.3 is 0 Å². The number of anilines is 1. The van der Waals surface area contributed by atoms with Crippen molar-refractivity contribution in [2.24, 2.45) is 0 Å². The van der Waals surface area contributed by atoms with Gasteiger partial charge in [-0.25, -0.2) is 13.1 Å². The number of hydrogen-bond acceptors (Lipinski definition) is 7. The fourth-order valence-corrected chi connectivity index (χ4v) is 8.37. The lowest BCUT2D eigenvalue weighted by Crippen LogP contribution is -2.35. The van der Waals surface area contributed by atoms with Gasteiger partial charge in [0.1, 0.15) is 5.00 Å². The molecule has 222 valence electrons. The SMILES string of the molecule is CC(=O)N1CCc2c(sc(NC(=O)c3ccc(S(=O)(=O)N4CCc5ccccc5C4)cc3)c2C(=O)n2nc(C)cc2C)C1. The third kappa shape index (κ3) is 5.41. The zero-order valence-corrected chi connectivity index (χ0v) is 25.7. The lowest BCUT2D eigenvalue weighted by molar-refractivity contribution is -0.129. The van der Waals surface area contributed by atoms with Crippen molar-refractivity contribution in [3.05, 3.63) is 98.7 Å². The maximum atomic E-state index is 13.8. The summed E-state index contributed by atoms with van der Waals surface area (Å²) in [6.07, 6.45) is 1.12. The molecular formula is C31H31N5O5S2. The van der Waals surface area contributed by atoms with E-state index in [4.69, 9.17) is 0 Å². The summed E-state index contributed by atoms with van der Waals surface area (Å²) in [5.41, 5.74) is 4.95. The van der Waals surface area contributed by atoms with Gasteiger partial charge in [-0.2, -0.15) is 9.40 Å². The van der Waals surface area contributed by atoms with Crippen LogP contribution in [0.3, 0.4) is 0 Å². The van der Waals surface area contributed by atoms with Gasteiger partial charge < -0.3 is 10.2 Å². The molecule has 2 aromatic heterocycles. The number of amides is 2. The van der Waals surface area contributed by atoms with Crippen LogP contribution in [-0.4, -0.2) is 58.2 Å². The maximum absolute atomic E-state index is 13.8. The molecule has 4 heterocycles. The van der Waals surface area contributed by atoms with Crippen LogP contribution >= 0.6 is 11.3 Å². The minimum Gasteiger partial charge on any atom is -0.337 e. The highest BCUT2D eigenvalue weighted by Crippen LogP contribution is 2.38. The highest BCUT2D eigenvalue weighted by molar-refractivity contribution is 7.89. The summed E-state index contributed by atoms with van der Waals surface area (Å²) in [6, 6.07) is 15.5. The lowest BCUT2D eigenvalue weighted by atomic mass is 10.0. The number of nitrogens with zero attached hydrogens (tertiary/aromatic N) is 4. The van der Waals surface area contributed by atoms with Gasteiger partial charge in [0.15, 0.2) is 0 Å². The van der Waals surface area contributed by atoms with Crippen LogP contribution in [0.15, 0.2) is 59.5 Å². The number of carbonyl (C=O) groups excluding carboxylic acids is 3. The Bertz CT molecular complexity index is 1870. The zero-order chi connectivity index (χ0) is 30.5. The number of hydrogen-bond donors (Lipinski definition) is 1. The Morgan fingerprint density at radius 2 is 1.65 bits per heavy atom. The first kappa shape index (κ1) is 29.0. The molecule has 0 spiro atoms. The fourth-order valence-electron chi connectivity index (χ4n) is 5.70. The Balaban J connectivity index is 1.26. The number of thiophene rings is 1. The van der Waals surface area contributed by atoms with E-state index >= 15 is 0 Å². The van der Waals surface area contributed by atoms with Crippen LogP contribution < -0.4 is 5.32 Å². The number of benzene rings is 2. The molecule has 6 rings (SSSR count). The molecule has 0 atom stereocenters. The van der Waals surface area contributed by atoms with Gasteiger partial charge in [0.25, 0.3) is 11.8 Å². The van der Waals surface area contributed by atoms with Crippen molar-refractivity contribution >= 4 is 44.1 Å². The summed E-state index contributed by atoms with van der Waals surface area (Å²) >= 11 is 1.27. The van der Waals surface area contributed by atoms with Crippen molar-refractivity contribution in [3.63, 3.8) is 0 Å². The summed E-state index contributed by atoms with van der Waals surface area (Å²) in [5, 5.41) is 7.62. The lowest BCUT2D eigenvalue weighted by Gasteiger charge is -2.28. The van der Waals surface area contributed by atoms with E-state index in [2.05, 4.69) is 10.4 Å². The summed E-state index contributed by atoms with van der Waals surface area (Å²) < 4.78 is 29.6. The monoisotopic (exact) mass is 617 g/mol. The first-order valence-corrected chi connectivity index (χ1v) is 16.2. The van der Waals surface area contributed by atoms with E-state index < -0.39 is 15.9 Å². The second-order valence-corrected chi connectivity index (χ2v) is 13.9. The van der Waals surface area contributed by atoms with Gasteiger partial charge in [0, 0.05) is 42.7 Å². The number of carbonyl (C=O) groups is 3. The van der Waals surface area contributed by atoms with E-state index in [0.29, 0.717) is 61.0 Å². The van der Waals surface area contributed by atoms with Gasteiger partial charge in [-0.3, -0.25) is 14.4 Å². The molecular weight excluding hydrogens is 587 g/mol. The average molecular weight is 618 g/mol. The van der Waals surface area contributed by atoms with Crippen LogP contribution in [0.1, 0.15) is 60.6 Å². The van der Waals surface area contributed by atoms with E-state index in [1.54, 1.807) is 18.7 Å². The highest BCUT2D eigenvalue weighted by atomic mass is 32.2. The van der Waals surface area contributed by atoms with Gasteiger partial charge in [0.05, 0.1) is 22.7 Å². The Labute approximate surface area is 254 Å². The molecule has 2 aliphatic heterocycles. The number of fused-ring (bicyclic) bond motifs is 2. The van der Waals surface area contributed by atoms with E-state index in [1.165, 1.54) is 51.5 Å². The molecule has 4 aromatic rings. The van der Waals surface area contributed by atoms with Crippen molar-refractivity contribution in [2.75, 3.05) is 18.4 Å². The summed E-state index contributed by atoms with van der Waals surface area (Å²) in [7, 11) is -3.75. The Morgan fingerprint density at radius 3 is 2.33 bits per heavy atom. The third-order valence-corrected chi connectivity index (χ3v) is 11.0. The van der Waals surface area contributed by atoms with Gasteiger partial charge in [-0.05, 0) is 73.7 Å². The fraction of sp³-hybridized carbons (Fsp3) is 0.290. The van der Waals surface area contributed by atoms with Crippen molar-refractivity contribution in [3.8, 4) is 0 Å². The minimum atomic E-state index is -3.75. The van der Waals surface area contributed by atoms with Crippen molar-refractivity contribution in [1.82, 2.24) is 19.0 Å². The number of sulfonamides is 1. The zero-order valence-electron chi connectivity index (χ0n) is 24.1. The van der Waals surface area contributed by atoms with Gasteiger partial charge in [-0.15, -0.1) is 11.3 Å². The molecule has 1 N–H and O–H groups in total. The smallest absolute Gasteiger partial charge is 0.281 e. The molecule has 10 nitrogen and oxygen atoms in total. The molecule has 0 fully saturated rings. The van der Waals surface area contributed by atoms with Crippen molar-refractivity contribution < 1.29 is 22.8 Å². The Morgan fingerprint density at radius 1 is 0.930 bits per heavy atom. The van der Waals surface area contributed by atoms with Crippen LogP contribution in [0, 0.1) is 13.8 Å². The maximum Gasteiger partial charge on any atom is 0.281 e. The molecule has 2 aliphatic rings. The van der Waals surface area contributed by atoms with E-state index in [9.17, 15) is 22.8 Å². The molecule has 43 heavy (non-hydrogen) atoms. The summed E-state index contributed by atoms with van der Waals surface area (Å²) in [5.74, 6) is -0.876. The summed E-state index contributed by atoms with van der Waals surface area (Å²) in [6.45, 7) is 6.64. The number of aryl methyl sites for hydroxylation is 2. The molecule has 0 saturated heterocycles. The minimum absolute atomic E-state index is 0.0557. The summed E-state index contributed by atoms with van der Waals surface area (Å²) in [4.78, 5) is 41.9. The number of rotatable bonds is 5. The Hall–Kier alpha value is -4.13. The van der Waals surface area contributed by atoms with E-state index in [1.807, 2.05) is 30.3 Å². The molecule has 0 bridgehead atoms. The van der Waals surface area contributed by atoms with Gasteiger partial charge in [-0.1, -0.05) is 24.3 Å². The van der Waals surface area contributed by atoms with Crippen LogP contribution in [0.25, 0.3) is 0 Å². The van der Waals surface area contributed by atoms with Gasteiger partial charge in [0.2, 0.25) is 15.9 Å². The first-order chi connectivity index (χ1) is 20.5.